The minimum atomic E-state index is -1.24. The number of rotatable bonds is 10. The zero-order chi connectivity index (χ0) is 31.8. The molecule has 0 spiro atoms. The number of aliphatic hydroxyl groups is 2. The Labute approximate surface area is 265 Å². The molecule has 1 unspecified atom stereocenters. The molecule has 0 radical (unpaired) electrons. The maximum absolute atomic E-state index is 15.9. The SMILES string of the molecule is CCCc1c(Cc2ccc(-c3ccccc3C3=NOC(O)N3)cc2F)c(=O)n([C@H]2CC[C@H](OCC3(O)CCC3)CC2)c2ncnn12. The van der Waals surface area contributed by atoms with E-state index in [1.165, 1.54) is 12.4 Å². The molecule has 0 saturated heterocycles. The van der Waals surface area contributed by atoms with Gasteiger partial charge < -0.3 is 25.1 Å². The highest BCUT2D eigenvalue weighted by Gasteiger charge is 2.36. The van der Waals surface area contributed by atoms with Gasteiger partial charge in [-0.05, 0) is 74.1 Å². The molecule has 1 aliphatic heterocycles. The van der Waals surface area contributed by atoms with Crippen molar-refractivity contribution in [2.75, 3.05) is 6.61 Å². The summed E-state index contributed by atoms with van der Waals surface area (Å²) in [5, 5.41) is 31.3. The van der Waals surface area contributed by atoms with Crippen molar-refractivity contribution < 1.29 is 24.2 Å². The molecule has 4 aromatic rings. The summed E-state index contributed by atoms with van der Waals surface area (Å²) in [5.41, 5.74) is 2.85. The van der Waals surface area contributed by atoms with Crippen LogP contribution in [0.2, 0.25) is 0 Å². The maximum Gasteiger partial charge on any atom is 0.304 e. The minimum absolute atomic E-state index is 0.0520. The van der Waals surface area contributed by atoms with Crippen molar-refractivity contribution in [2.24, 2.45) is 5.16 Å². The number of nitrogens with one attached hydrogen (secondary N) is 1. The number of ether oxygens (including phenoxy) is 1. The molecular weight excluding hydrogens is 591 g/mol. The zero-order valence-electron chi connectivity index (χ0n) is 25.9. The number of aliphatic hydroxyl groups excluding tert-OH is 1. The third-order valence-electron chi connectivity index (χ3n) is 9.61. The van der Waals surface area contributed by atoms with Gasteiger partial charge in [0.2, 0.25) is 5.78 Å². The second-order valence-corrected chi connectivity index (χ2v) is 12.7. The Balaban J connectivity index is 1.18. The average Bonchev–Trinajstić information content (AvgIpc) is 3.71. The second-order valence-electron chi connectivity index (χ2n) is 12.7. The Morgan fingerprint density at radius 3 is 2.59 bits per heavy atom. The fourth-order valence-corrected chi connectivity index (χ4v) is 6.94. The molecule has 3 heterocycles. The van der Waals surface area contributed by atoms with Crippen LogP contribution in [0.5, 0.6) is 0 Å². The number of aryl methyl sites for hydroxylation is 1. The first-order chi connectivity index (χ1) is 22.3. The lowest BCUT2D eigenvalue weighted by Gasteiger charge is -2.38. The lowest BCUT2D eigenvalue weighted by molar-refractivity contribution is -0.120. The van der Waals surface area contributed by atoms with Crippen molar-refractivity contribution in [3.05, 3.63) is 87.3 Å². The number of aromatic nitrogens is 4. The number of halogens is 1. The fraction of sp³-hybridized carbons (Fsp3) is 0.471. The normalized spacial score (nSPS) is 22.3. The van der Waals surface area contributed by atoms with E-state index in [2.05, 4.69) is 20.6 Å². The number of benzene rings is 2. The summed E-state index contributed by atoms with van der Waals surface area (Å²) in [4.78, 5) is 23.7. The van der Waals surface area contributed by atoms with Crippen LogP contribution in [0, 0.1) is 5.82 Å². The van der Waals surface area contributed by atoms with Crippen molar-refractivity contribution in [3.63, 3.8) is 0 Å². The zero-order valence-corrected chi connectivity index (χ0v) is 25.9. The van der Waals surface area contributed by atoms with Crippen molar-refractivity contribution in [2.45, 2.75) is 95.3 Å². The molecule has 46 heavy (non-hydrogen) atoms. The van der Waals surface area contributed by atoms with Crippen LogP contribution in [0.15, 0.2) is 58.7 Å². The molecule has 3 aliphatic rings. The van der Waals surface area contributed by atoms with E-state index in [0.29, 0.717) is 46.9 Å². The molecule has 11 nitrogen and oxygen atoms in total. The van der Waals surface area contributed by atoms with Crippen molar-refractivity contribution >= 4 is 11.6 Å². The molecular formula is C34H39FN6O5. The molecule has 2 aromatic heterocycles. The van der Waals surface area contributed by atoms with Gasteiger partial charge in [-0.3, -0.25) is 9.36 Å². The highest BCUT2D eigenvalue weighted by atomic mass is 19.1. The summed E-state index contributed by atoms with van der Waals surface area (Å²) in [6.07, 6.45) is 7.46. The fourth-order valence-electron chi connectivity index (χ4n) is 6.94. The van der Waals surface area contributed by atoms with E-state index >= 15 is 4.39 Å². The van der Waals surface area contributed by atoms with Gasteiger partial charge in [-0.15, -0.1) is 0 Å². The first-order valence-electron chi connectivity index (χ1n) is 16.2. The molecule has 1 atom stereocenters. The molecule has 0 amide bonds. The van der Waals surface area contributed by atoms with Gasteiger partial charge >= 0.3 is 6.41 Å². The van der Waals surface area contributed by atoms with Gasteiger partial charge in [-0.25, -0.2) is 8.91 Å². The highest BCUT2D eigenvalue weighted by Crippen LogP contribution is 2.35. The Kier molecular flexibility index (Phi) is 8.35. The summed E-state index contributed by atoms with van der Waals surface area (Å²) in [7, 11) is 0. The van der Waals surface area contributed by atoms with Crippen LogP contribution in [-0.2, 0) is 22.4 Å². The third-order valence-corrected chi connectivity index (χ3v) is 9.61. The van der Waals surface area contributed by atoms with Crippen LogP contribution in [0.1, 0.15) is 86.7 Å². The van der Waals surface area contributed by atoms with E-state index in [-0.39, 0.29) is 24.1 Å². The van der Waals surface area contributed by atoms with Crippen LogP contribution in [0.25, 0.3) is 16.9 Å². The van der Waals surface area contributed by atoms with Gasteiger partial charge in [0.1, 0.15) is 12.1 Å². The summed E-state index contributed by atoms with van der Waals surface area (Å²) < 4.78 is 25.5. The monoisotopic (exact) mass is 630 g/mol. The first kappa shape index (κ1) is 30.5. The van der Waals surface area contributed by atoms with Gasteiger partial charge in [0.25, 0.3) is 5.56 Å². The topological polar surface area (TPSA) is 136 Å². The second kappa shape index (κ2) is 12.6. The number of nitrogens with zero attached hydrogens (tertiary/aromatic N) is 5. The summed E-state index contributed by atoms with van der Waals surface area (Å²) in [6, 6.07) is 12.3. The number of hydrogen-bond acceptors (Lipinski definition) is 9. The largest absolute Gasteiger partial charge is 0.387 e. The van der Waals surface area contributed by atoms with Crippen LogP contribution in [-0.4, -0.2) is 59.9 Å². The van der Waals surface area contributed by atoms with Crippen molar-refractivity contribution in [1.29, 1.82) is 0 Å². The van der Waals surface area contributed by atoms with Crippen LogP contribution >= 0.6 is 0 Å². The predicted octanol–water partition coefficient (Wildman–Crippen LogP) is 4.21. The average molecular weight is 631 g/mol. The summed E-state index contributed by atoms with van der Waals surface area (Å²) in [6.45, 7) is 2.41. The summed E-state index contributed by atoms with van der Waals surface area (Å²) >= 11 is 0. The Morgan fingerprint density at radius 2 is 1.91 bits per heavy atom. The molecule has 3 N–H and O–H groups in total. The van der Waals surface area contributed by atoms with Crippen molar-refractivity contribution in [1.82, 2.24) is 24.5 Å². The number of amidine groups is 1. The quantitative estimate of drug-likeness (QED) is 0.237. The van der Waals surface area contributed by atoms with E-state index < -0.39 is 17.8 Å². The third kappa shape index (κ3) is 5.80. The van der Waals surface area contributed by atoms with E-state index in [4.69, 9.17) is 9.57 Å². The van der Waals surface area contributed by atoms with Gasteiger partial charge in [-0.1, -0.05) is 54.9 Å². The standard InChI is InChI=1S/C34H39FN6O5/c1-2-6-29-27(17-22-10-9-21(18-28(22)35)25-7-3-4-8-26(25)30-38-33(43)46-39-30)31(42)40(32-36-20-37-41(29)32)23-11-13-24(14-12-23)45-19-34(44)15-5-16-34/h3-4,7-10,18,20,23-24,33,43-44H,2,5-6,11-17,19H2,1H3,(H,38,39)/t23-,24-,33?. The van der Waals surface area contributed by atoms with Crippen LogP contribution < -0.4 is 10.9 Å². The van der Waals surface area contributed by atoms with Crippen LogP contribution in [0.4, 0.5) is 4.39 Å². The van der Waals surface area contributed by atoms with E-state index in [9.17, 15) is 15.0 Å². The Hall–Kier alpha value is -4.13. The van der Waals surface area contributed by atoms with Crippen LogP contribution in [0.3, 0.4) is 0 Å². The number of fused-ring (bicyclic) bond motifs is 1. The van der Waals surface area contributed by atoms with Gasteiger partial charge in [0.15, 0.2) is 5.84 Å². The van der Waals surface area contributed by atoms with E-state index in [1.807, 2.05) is 37.3 Å². The Bertz CT molecular complexity index is 1820. The first-order valence-corrected chi connectivity index (χ1v) is 16.2. The molecule has 2 aromatic carbocycles. The molecule has 242 valence electrons. The van der Waals surface area contributed by atoms with Crippen molar-refractivity contribution in [3.8, 4) is 11.1 Å². The number of hydrogen-bond donors (Lipinski definition) is 3. The molecule has 2 aliphatic carbocycles. The predicted molar refractivity (Wildman–Crippen MR) is 169 cm³/mol. The molecule has 0 bridgehead atoms. The Morgan fingerprint density at radius 1 is 1.13 bits per heavy atom. The highest BCUT2D eigenvalue weighted by molar-refractivity contribution is 6.04. The summed E-state index contributed by atoms with van der Waals surface area (Å²) in [5.74, 6) is 0.438. The molecule has 12 heteroatoms. The van der Waals surface area contributed by atoms with Gasteiger partial charge in [0.05, 0.1) is 24.0 Å². The van der Waals surface area contributed by atoms with Gasteiger partial charge in [-0.2, -0.15) is 10.1 Å². The lowest BCUT2D eigenvalue weighted by atomic mass is 9.81. The molecule has 7 rings (SSSR count). The van der Waals surface area contributed by atoms with E-state index in [0.717, 1.165) is 62.6 Å². The minimum Gasteiger partial charge on any atom is -0.387 e. The van der Waals surface area contributed by atoms with E-state index in [1.54, 1.807) is 15.1 Å². The van der Waals surface area contributed by atoms with Gasteiger partial charge in [0, 0.05) is 23.6 Å². The maximum atomic E-state index is 15.9. The molecule has 2 fully saturated rings. The number of oxime groups is 1. The smallest absolute Gasteiger partial charge is 0.304 e. The lowest BCUT2D eigenvalue weighted by Crippen LogP contribution is -2.43. The molecule has 2 saturated carbocycles.